The van der Waals surface area contributed by atoms with E-state index in [1.54, 1.807) is 45.4 Å². The molecule has 184 valence electrons. The maximum atomic E-state index is 12.5. The molecular formula is C26H25N5O4S. The highest BCUT2D eigenvalue weighted by molar-refractivity contribution is 7.99. The Morgan fingerprint density at radius 2 is 1.72 bits per heavy atom. The number of thioether (sulfide) groups is 1. The monoisotopic (exact) mass is 503 g/mol. The Kier molecular flexibility index (Phi) is 7.86. The smallest absolute Gasteiger partial charge is 0.250 e. The first kappa shape index (κ1) is 24.8. The molecule has 0 aliphatic carbocycles. The van der Waals surface area contributed by atoms with Crippen molar-refractivity contribution in [3.63, 3.8) is 0 Å². The van der Waals surface area contributed by atoms with E-state index in [1.165, 1.54) is 11.8 Å². The number of nitrogens with zero attached hydrogens (tertiary/aromatic N) is 4. The largest absolute Gasteiger partial charge is 0.507 e. The van der Waals surface area contributed by atoms with Gasteiger partial charge in [-0.3, -0.25) is 9.36 Å². The molecule has 0 bridgehead atoms. The number of aromatic nitrogens is 3. The fourth-order valence-corrected chi connectivity index (χ4v) is 4.23. The van der Waals surface area contributed by atoms with E-state index in [2.05, 4.69) is 20.7 Å². The number of phenolic OH excluding ortho intramolecular Hbond substituents is 1. The topological polar surface area (TPSA) is 111 Å². The lowest BCUT2D eigenvalue weighted by Gasteiger charge is -2.12. The summed E-state index contributed by atoms with van der Waals surface area (Å²) in [5.74, 6) is 1.63. The van der Waals surface area contributed by atoms with Gasteiger partial charge in [-0.1, -0.05) is 42.1 Å². The van der Waals surface area contributed by atoms with Crippen LogP contribution in [-0.2, 0) is 4.79 Å². The van der Waals surface area contributed by atoms with E-state index < -0.39 is 0 Å². The number of amides is 1. The summed E-state index contributed by atoms with van der Waals surface area (Å²) in [5.41, 5.74) is 5.21. The van der Waals surface area contributed by atoms with Gasteiger partial charge in [0.05, 0.1) is 25.7 Å². The summed E-state index contributed by atoms with van der Waals surface area (Å²) in [4.78, 5) is 12.5. The van der Waals surface area contributed by atoms with Crippen LogP contribution in [0.3, 0.4) is 0 Å². The van der Waals surface area contributed by atoms with Crippen molar-refractivity contribution < 1.29 is 19.4 Å². The van der Waals surface area contributed by atoms with Crippen molar-refractivity contribution in [3.05, 3.63) is 78.4 Å². The zero-order valence-corrected chi connectivity index (χ0v) is 20.8. The summed E-state index contributed by atoms with van der Waals surface area (Å²) in [6, 6.07) is 22.0. The van der Waals surface area contributed by atoms with E-state index >= 15 is 0 Å². The molecule has 4 rings (SSSR count). The van der Waals surface area contributed by atoms with Crippen LogP contribution in [0.4, 0.5) is 0 Å². The van der Waals surface area contributed by atoms with Gasteiger partial charge in [0.15, 0.2) is 22.5 Å². The van der Waals surface area contributed by atoms with E-state index in [0.29, 0.717) is 33.8 Å². The molecule has 3 aromatic carbocycles. The zero-order valence-electron chi connectivity index (χ0n) is 20.0. The Morgan fingerprint density at radius 3 is 2.44 bits per heavy atom. The normalized spacial score (nSPS) is 11.2. The average molecular weight is 504 g/mol. The number of methoxy groups -OCH3 is 2. The number of phenols is 1. The molecule has 0 saturated heterocycles. The van der Waals surface area contributed by atoms with Crippen molar-refractivity contribution in [1.82, 2.24) is 20.2 Å². The number of nitrogens with one attached hydrogen (secondary N) is 1. The molecule has 36 heavy (non-hydrogen) atoms. The highest BCUT2D eigenvalue weighted by Gasteiger charge is 2.19. The molecule has 10 heteroatoms. The van der Waals surface area contributed by atoms with Crippen molar-refractivity contribution >= 4 is 23.4 Å². The molecule has 1 amide bonds. The molecule has 0 saturated carbocycles. The number of carbonyl (C=O) groups excluding carboxylic acids is 1. The number of para-hydroxylation sites is 2. The predicted molar refractivity (Wildman–Crippen MR) is 139 cm³/mol. The van der Waals surface area contributed by atoms with Crippen LogP contribution in [-0.4, -0.2) is 51.5 Å². The average Bonchev–Trinajstić information content (AvgIpc) is 3.34. The number of carbonyl (C=O) groups is 1. The van der Waals surface area contributed by atoms with Gasteiger partial charge in [-0.15, -0.1) is 10.2 Å². The number of benzene rings is 3. The first-order chi connectivity index (χ1) is 17.5. The third kappa shape index (κ3) is 5.49. The number of hydrogen-bond donors (Lipinski definition) is 2. The lowest BCUT2D eigenvalue weighted by Crippen LogP contribution is -2.21. The van der Waals surface area contributed by atoms with Crippen LogP contribution < -0.4 is 14.9 Å². The fraction of sp³-hybridized carbons (Fsp3) is 0.154. The Bertz CT molecular complexity index is 1390. The standard InChI is InChI=1S/C26H25N5O4S/c1-17(20-11-7-8-12-21(20)32)27-28-24(33)16-36-26-30-29-25(31(26)19-9-5-4-6-10-19)18-13-14-22(34-2)23(15-18)35-3/h4-15,32H,16H2,1-3H3,(H,28,33). The van der Waals surface area contributed by atoms with Gasteiger partial charge in [0.25, 0.3) is 5.91 Å². The van der Waals surface area contributed by atoms with Gasteiger partial charge < -0.3 is 14.6 Å². The van der Waals surface area contributed by atoms with Crippen LogP contribution in [0, 0.1) is 0 Å². The second-order valence-electron chi connectivity index (χ2n) is 7.58. The number of ether oxygens (including phenoxy) is 2. The molecule has 1 aromatic heterocycles. The Labute approximate surface area is 212 Å². The molecule has 0 aliphatic heterocycles. The minimum absolute atomic E-state index is 0.0639. The van der Waals surface area contributed by atoms with Gasteiger partial charge >= 0.3 is 0 Å². The van der Waals surface area contributed by atoms with E-state index in [4.69, 9.17) is 9.47 Å². The summed E-state index contributed by atoms with van der Waals surface area (Å²) in [5, 5.41) is 23.4. The minimum atomic E-state index is -0.315. The first-order valence-electron chi connectivity index (χ1n) is 11.0. The van der Waals surface area contributed by atoms with Crippen molar-refractivity contribution in [2.24, 2.45) is 5.10 Å². The maximum absolute atomic E-state index is 12.5. The molecule has 0 spiro atoms. The highest BCUT2D eigenvalue weighted by atomic mass is 32.2. The Hall–Kier alpha value is -4.31. The molecule has 0 atom stereocenters. The van der Waals surface area contributed by atoms with Crippen molar-refractivity contribution in [2.45, 2.75) is 12.1 Å². The number of aromatic hydroxyl groups is 1. The molecule has 0 radical (unpaired) electrons. The number of rotatable bonds is 9. The van der Waals surface area contributed by atoms with Gasteiger partial charge in [-0.2, -0.15) is 5.10 Å². The predicted octanol–water partition coefficient (Wildman–Crippen LogP) is 4.29. The van der Waals surface area contributed by atoms with Crippen molar-refractivity contribution in [1.29, 1.82) is 0 Å². The molecule has 4 aromatic rings. The summed E-state index contributed by atoms with van der Waals surface area (Å²) in [6.07, 6.45) is 0. The summed E-state index contributed by atoms with van der Waals surface area (Å²) >= 11 is 1.24. The summed E-state index contributed by atoms with van der Waals surface area (Å²) < 4.78 is 12.7. The minimum Gasteiger partial charge on any atom is -0.507 e. The lowest BCUT2D eigenvalue weighted by atomic mass is 10.1. The molecule has 0 fully saturated rings. The fourth-order valence-electron chi connectivity index (χ4n) is 3.48. The van der Waals surface area contributed by atoms with Gasteiger partial charge in [-0.05, 0) is 49.4 Å². The van der Waals surface area contributed by atoms with Crippen LogP contribution >= 0.6 is 11.8 Å². The van der Waals surface area contributed by atoms with Gasteiger partial charge in [0.2, 0.25) is 0 Å². The third-order valence-electron chi connectivity index (χ3n) is 5.26. The van der Waals surface area contributed by atoms with Gasteiger partial charge in [-0.25, -0.2) is 5.43 Å². The second-order valence-corrected chi connectivity index (χ2v) is 8.53. The van der Waals surface area contributed by atoms with Crippen LogP contribution in [0.2, 0.25) is 0 Å². The van der Waals surface area contributed by atoms with Crippen LogP contribution in [0.1, 0.15) is 12.5 Å². The number of hydrazone groups is 1. The molecule has 0 unspecified atom stereocenters. The Morgan fingerprint density at radius 1 is 1.00 bits per heavy atom. The van der Waals surface area contributed by atoms with E-state index in [9.17, 15) is 9.90 Å². The number of hydrogen-bond acceptors (Lipinski definition) is 8. The molecule has 0 aliphatic rings. The zero-order chi connectivity index (χ0) is 25.5. The van der Waals surface area contributed by atoms with Crippen LogP contribution in [0.5, 0.6) is 17.2 Å². The van der Waals surface area contributed by atoms with Crippen LogP contribution in [0.15, 0.2) is 83.1 Å². The van der Waals surface area contributed by atoms with Gasteiger partial charge in [0.1, 0.15) is 5.75 Å². The van der Waals surface area contributed by atoms with E-state index in [1.807, 2.05) is 53.1 Å². The first-order valence-corrected chi connectivity index (χ1v) is 12.0. The molecule has 1 heterocycles. The lowest BCUT2D eigenvalue weighted by molar-refractivity contribution is -0.118. The SMILES string of the molecule is COc1ccc(-c2nnc(SCC(=O)NN=C(C)c3ccccc3O)n2-c2ccccc2)cc1OC. The van der Waals surface area contributed by atoms with E-state index in [-0.39, 0.29) is 17.4 Å². The summed E-state index contributed by atoms with van der Waals surface area (Å²) in [6.45, 7) is 1.71. The van der Waals surface area contributed by atoms with Gasteiger partial charge in [0, 0.05) is 16.8 Å². The highest BCUT2D eigenvalue weighted by Crippen LogP contribution is 2.34. The Balaban J connectivity index is 1.57. The molecule has 9 nitrogen and oxygen atoms in total. The van der Waals surface area contributed by atoms with Crippen molar-refractivity contribution in [2.75, 3.05) is 20.0 Å². The molecular weight excluding hydrogens is 478 g/mol. The quantitative estimate of drug-likeness (QED) is 0.199. The van der Waals surface area contributed by atoms with E-state index in [0.717, 1.165) is 11.3 Å². The third-order valence-corrected chi connectivity index (χ3v) is 6.19. The van der Waals surface area contributed by atoms with Crippen LogP contribution in [0.25, 0.3) is 17.1 Å². The van der Waals surface area contributed by atoms with Crippen molar-refractivity contribution in [3.8, 4) is 34.3 Å². The maximum Gasteiger partial charge on any atom is 0.250 e. The second kappa shape index (κ2) is 11.4. The molecule has 2 N–H and O–H groups in total. The summed E-state index contributed by atoms with van der Waals surface area (Å²) in [7, 11) is 3.16.